The van der Waals surface area contributed by atoms with Crippen molar-refractivity contribution >= 4 is 27.7 Å². The molecular formula is C9H9BrOS. The summed E-state index contributed by atoms with van der Waals surface area (Å²) in [7, 11) is 0. The Morgan fingerprint density at radius 1 is 1.42 bits per heavy atom. The Morgan fingerprint density at radius 2 is 2.25 bits per heavy atom. The number of hydrogen-bond acceptors (Lipinski definition) is 2. The minimum absolute atomic E-state index is 0.435. The summed E-state index contributed by atoms with van der Waals surface area (Å²) in [5, 5.41) is 0. The molecule has 1 aromatic carbocycles. The van der Waals surface area contributed by atoms with Gasteiger partial charge in [0.1, 0.15) is 11.9 Å². The summed E-state index contributed by atoms with van der Waals surface area (Å²) < 4.78 is 6.76. The van der Waals surface area contributed by atoms with Gasteiger partial charge in [-0.1, -0.05) is 22.0 Å². The summed E-state index contributed by atoms with van der Waals surface area (Å²) >= 11 is 5.34. The van der Waals surface area contributed by atoms with Gasteiger partial charge in [0.2, 0.25) is 0 Å². The van der Waals surface area contributed by atoms with Gasteiger partial charge in [0.05, 0.1) is 0 Å². The van der Waals surface area contributed by atoms with Crippen LogP contribution in [-0.2, 0) is 0 Å². The summed E-state index contributed by atoms with van der Waals surface area (Å²) in [4.78, 5) is 0. The third-order valence-electron chi connectivity index (χ3n) is 1.71. The first kappa shape index (κ1) is 8.45. The second-order valence-electron chi connectivity index (χ2n) is 2.73. The molecule has 0 spiro atoms. The number of ether oxygens (including phenoxy) is 1. The number of thioether (sulfide) groups is 1. The molecule has 0 unspecified atom stereocenters. The molecule has 1 fully saturated rings. The van der Waals surface area contributed by atoms with Crippen molar-refractivity contribution in [2.24, 2.45) is 0 Å². The molecule has 0 saturated carbocycles. The van der Waals surface area contributed by atoms with Crippen LogP contribution in [0.5, 0.6) is 5.75 Å². The van der Waals surface area contributed by atoms with Crippen molar-refractivity contribution in [1.82, 2.24) is 0 Å². The predicted molar refractivity (Wildman–Crippen MR) is 55.9 cm³/mol. The van der Waals surface area contributed by atoms with Crippen LogP contribution in [0.1, 0.15) is 0 Å². The molecule has 64 valence electrons. The molecule has 0 radical (unpaired) electrons. The van der Waals surface area contributed by atoms with Crippen molar-refractivity contribution in [1.29, 1.82) is 0 Å². The Labute approximate surface area is 84.6 Å². The molecule has 0 aromatic heterocycles. The lowest BCUT2D eigenvalue weighted by Gasteiger charge is -2.25. The van der Waals surface area contributed by atoms with Gasteiger partial charge in [-0.15, -0.1) is 0 Å². The fraction of sp³-hybridized carbons (Fsp3) is 0.333. The maximum absolute atomic E-state index is 5.68. The largest absolute Gasteiger partial charge is 0.489 e. The van der Waals surface area contributed by atoms with Gasteiger partial charge in [0.25, 0.3) is 0 Å². The molecule has 1 aliphatic rings. The van der Waals surface area contributed by atoms with E-state index in [9.17, 15) is 0 Å². The van der Waals surface area contributed by atoms with Crippen molar-refractivity contribution in [2.75, 3.05) is 11.5 Å². The third kappa shape index (κ3) is 1.96. The number of rotatable bonds is 2. The van der Waals surface area contributed by atoms with Gasteiger partial charge in [0, 0.05) is 16.0 Å². The molecule has 0 aliphatic carbocycles. The maximum Gasteiger partial charge on any atom is 0.120 e. The molecule has 0 bridgehead atoms. The smallest absolute Gasteiger partial charge is 0.120 e. The molecule has 1 saturated heterocycles. The Kier molecular flexibility index (Phi) is 2.61. The highest BCUT2D eigenvalue weighted by Gasteiger charge is 2.19. The second kappa shape index (κ2) is 3.71. The van der Waals surface area contributed by atoms with Crippen molar-refractivity contribution < 1.29 is 4.74 Å². The van der Waals surface area contributed by atoms with Gasteiger partial charge < -0.3 is 4.74 Å². The zero-order valence-electron chi connectivity index (χ0n) is 6.50. The molecule has 0 atom stereocenters. The fourth-order valence-electron chi connectivity index (χ4n) is 1.01. The average molecular weight is 245 g/mol. The van der Waals surface area contributed by atoms with Gasteiger partial charge >= 0.3 is 0 Å². The molecule has 3 heteroatoms. The number of benzene rings is 1. The van der Waals surface area contributed by atoms with E-state index in [1.54, 1.807) is 0 Å². The number of halogens is 1. The normalized spacial score (nSPS) is 17.1. The van der Waals surface area contributed by atoms with E-state index in [1.165, 1.54) is 0 Å². The molecule has 2 rings (SSSR count). The van der Waals surface area contributed by atoms with E-state index in [-0.39, 0.29) is 0 Å². The van der Waals surface area contributed by atoms with Gasteiger partial charge in [0.15, 0.2) is 0 Å². The highest BCUT2D eigenvalue weighted by Crippen LogP contribution is 2.25. The first-order valence-electron chi connectivity index (χ1n) is 3.84. The van der Waals surface area contributed by atoms with E-state index in [4.69, 9.17) is 4.74 Å². The molecule has 0 N–H and O–H groups in total. The van der Waals surface area contributed by atoms with Crippen LogP contribution < -0.4 is 4.74 Å². The van der Waals surface area contributed by atoms with Gasteiger partial charge in [-0.3, -0.25) is 0 Å². The molecule has 1 aromatic rings. The molecule has 1 aliphatic heterocycles. The Balaban J connectivity index is 2.02. The van der Waals surface area contributed by atoms with E-state index in [2.05, 4.69) is 15.9 Å². The quantitative estimate of drug-likeness (QED) is 0.792. The van der Waals surface area contributed by atoms with E-state index in [0.29, 0.717) is 6.10 Å². The van der Waals surface area contributed by atoms with E-state index in [0.717, 1.165) is 21.7 Å². The van der Waals surface area contributed by atoms with E-state index in [1.807, 2.05) is 36.0 Å². The van der Waals surface area contributed by atoms with Gasteiger partial charge in [-0.05, 0) is 18.2 Å². The Bertz CT molecular complexity index is 273. The topological polar surface area (TPSA) is 9.23 Å². The van der Waals surface area contributed by atoms with E-state index >= 15 is 0 Å². The molecule has 0 amide bonds. The van der Waals surface area contributed by atoms with Crippen molar-refractivity contribution in [3.8, 4) is 5.75 Å². The van der Waals surface area contributed by atoms with Crippen LogP contribution in [0.25, 0.3) is 0 Å². The Hall–Kier alpha value is -0.150. The van der Waals surface area contributed by atoms with Crippen LogP contribution in [0.4, 0.5) is 0 Å². The average Bonchev–Trinajstić information content (AvgIpc) is 1.97. The summed E-state index contributed by atoms with van der Waals surface area (Å²) in [6, 6.07) is 7.99. The SMILES string of the molecule is Brc1cccc(OC2CSC2)c1. The van der Waals surface area contributed by atoms with Crippen LogP contribution in [-0.4, -0.2) is 17.6 Å². The summed E-state index contributed by atoms with van der Waals surface area (Å²) in [5.74, 6) is 3.23. The van der Waals surface area contributed by atoms with E-state index < -0.39 is 0 Å². The summed E-state index contributed by atoms with van der Waals surface area (Å²) in [6.45, 7) is 0. The fourth-order valence-corrected chi connectivity index (χ4v) is 1.96. The lowest BCUT2D eigenvalue weighted by Crippen LogP contribution is -2.30. The molecule has 12 heavy (non-hydrogen) atoms. The predicted octanol–water partition coefficient (Wildman–Crippen LogP) is 2.94. The number of hydrogen-bond donors (Lipinski definition) is 0. The lowest BCUT2D eigenvalue weighted by atomic mass is 10.3. The van der Waals surface area contributed by atoms with Crippen LogP contribution in [0, 0.1) is 0 Å². The lowest BCUT2D eigenvalue weighted by molar-refractivity contribution is 0.240. The van der Waals surface area contributed by atoms with Gasteiger partial charge in [-0.25, -0.2) is 0 Å². The zero-order valence-corrected chi connectivity index (χ0v) is 8.90. The summed E-state index contributed by atoms with van der Waals surface area (Å²) in [5.41, 5.74) is 0. The van der Waals surface area contributed by atoms with Crippen molar-refractivity contribution in [2.45, 2.75) is 6.10 Å². The minimum atomic E-state index is 0.435. The third-order valence-corrected chi connectivity index (χ3v) is 3.41. The van der Waals surface area contributed by atoms with Gasteiger partial charge in [-0.2, -0.15) is 11.8 Å². The van der Waals surface area contributed by atoms with Crippen LogP contribution in [0.3, 0.4) is 0 Å². The maximum atomic E-state index is 5.68. The summed E-state index contributed by atoms with van der Waals surface area (Å²) in [6.07, 6.45) is 0.435. The first-order chi connectivity index (χ1) is 5.84. The monoisotopic (exact) mass is 244 g/mol. The van der Waals surface area contributed by atoms with Crippen LogP contribution in [0.2, 0.25) is 0 Å². The minimum Gasteiger partial charge on any atom is -0.489 e. The van der Waals surface area contributed by atoms with Crippen molar-refractivity contribution in [3.63, 3.8) is 0 Å². The standard InChI is InChI=1S/C9H9BrOS/c10-7-2-1-3-8(4-7)11-9-5-12-6-9/h1-4,9H,5-6H2. The van der Waals surface area contributed by atoms with Crippen LogP contribution in [0.15, 0.2) is 28.7 Å². The Morgan fingerprint density at radius 3 is 2.83 bits per heavy atom. The molecular weight excluding hydrogens is 236 g/mol. The molecule has 1 heterocycles. The second-order valence-corrected chi connectivity index (χ2v) is 4.73. The molecule has 1 nitrogen and oxygen atoms in total. The first-order valence-corrected chi connectivity index (χ1v) is 5.79. The van der Waals surface area contributed by atoms with Crippen LogP contribution >= 0.6 is 27.7 Å². The highest BCUT2D eigenvalue weighted by molar-refractivity contribution is 9.10. The zero-order chi connectivity index (χ0) is 8.39. The highest BCUT2D eigenvalue weighted by atomic mass is 79.9. The van der Waals surface area contributed by atoms with Crippen molar-refractivity contribution in [3.05, 3.63) is 28.7 Å².